The monoisotopic (exact) mass is 357 g/mol. The molecular formula is C16H24BrNOS. The fourth-order valence-electron chi connectivity index (χ4n) is 2.98. The molecule has 1 aromatic rings. The highest BCUT2D eigenvalue weighted by molar-refractivity contribution is 9.10. The van der Waals surface area contributed by atoms with Crippen LogP contribution in [-0.4, -0.2) is 22.7 Å². The minimum Gasteiger partial charge on any atom is -0.508 e. The van der Waals surface area contributed by atoms with E-state index >= 15 is 0 Å². The van der Waals surface area contributed by atoms with Gasteiger partial charge in [-0.15, -0.1) is 0 Å². The number of hydrogen-bond acceptors (Lipinski definition) is 3. The van der Waals surface area contributed by atoms with Gasteiger partial charge in [0, 0.05) is 27.4 Å². The molecule has 1 unspecified atom stereocenters. The molecule has 1 aliphatic carbocycles. The Morgan fingerprint density at radius 2 is 2.05 bits per heavy atom. The van der Waals surface area contributed by atoms with E-state index in [0.29, 0.717) is 11.8 Å². The summed E-state index contributed by atoms with van der Waals surface area (Å²) in [5.41, 5.74) is 1.01. The number of aromatic hydroxyl groups is 1. The van der Waals surface area contributed by atoms with Crippen molar-refractivity contribution < 1.29 is 5.11 Å². The highest BCUT2D eigenvalue weighted by Crippen LogP contribution is 2.32. The average molecular weight is 358 g/mol. The number of benzene rings is 1. The lowest BCUT2D eigenvalue weighted by molar-refractivity contribution is 0.333. The van der Waals surface area contributed by atoms with Crippen LogP contribution in [0.5, 0.6) is 5.75 Å². The molecule has 0 amide bonds. The number of halogens is 1. The molecule has 1 atom stereocenters. The van der Waals surface area contributed by atoms with Crippen LogP contribution in [0, 0.1) is 0 Å². The van der Waals surface area contributed by atoms with Crippen molar-refractivity contribution in [2.45, 2.75) is 56.4 Å². The predicted octanol–water partition coefficient (Wildman–Crippen LogP) is 4.87. The lowest BCUT2D eigenvalue weighted by Gasteiger charge is -2.31. The van der Waals surface area contributed by atoms with Gasteiger partial charge in [0.1, 0.15) is 5.75 Å². The zero-order valence-corrected chi connectivity index (χ0v) is 14.6. The first-order valence-corrected chi connectivity index (χ1v) is 9.49. The van der Waals surface area contributed by atoms with Crippen molar-refractivity contribution in [1.82, 2.24) is 5.32 Å². The molecule has 0 spiro atoms. The maximum absolute atomic E-state index is 10.1. The molecule has 1 saturated carbocycles. The molecule has 2 N–H and O–H groups in total. The molecule has 1 aliphatic rings. The van der Waals surface area contributed by atoms with Crippen LogP contribution in [0.15, 0.2) is 22.7 Å². The largest absolute Gasteiger partial charge is 0.508 e. The molecule has 0 radical (unpaired) electrons. The molecule has 1 fully saturated rings. The summed E-state index contributed by atoms with van der Waals surface area (Å²) >= 11 is 5.49. The van der Waals surface area contributed by atoms with E-state index < -0.39 is 0 Å². The maximum atomic E-state index is 10.1. The fourth-order valence-corrected chi connectivity index (χ4v) is 4.10. The molecule has 20 heavy (non-hydrogen) atoms. The zero-order valence-electron chi connectivity index (χ0n) is 12.2. The summed E-state index contributed by atoms with van der Waals surface area (Å²) in [5.74, 6) is 0.394. The van der Waals surface area contributed by atoms with Crippen LogP contribution in [0.1, 0.15) is 50.6 Å². The van der Waals surface area contributed by atoms with Gasteiger partial charge in [-0.05, 0) is 56.6 Å². The van der Waals surface area contributed by atoms with E-state index in [4.69, 9.17) is 0 Å². The minimum atomic E-state index is 0.239. The number of rotatable bonds is 5. The van der Waals surface area contributed by atoms with E-state index in [-0.39, 0.29) is 6.04 Å². The van der Waals surface area contributed by atoms with Gasteiger partial charge in [-0.25, -0.2) is 0 Å². The van der Waals surface area contributed by atoms with Crippen molar-refractivity contribution in [2.75, 3.05) is 6.26 Å². The van der Waals surface area contributed by atoms with Crippen molar-refractivity contribution in [3.63, 3.8) is 0 Å². The molecule has 112 valence electrons. The molecular weight excluding hydrogens is 334 g/mol. The SMILES string of the molecule is CCC(NC1CCC(SC)CC1)c1cc(Br)ccc1O. The Morgan fingerprint density at radius 3 is 2.65 bits per heavy atom. The van der Waals surface area contributed by atoms with E-state index in [1.807, 2.05) is 23.9 Å². The van der Waals surface area contributed by atoms with E-state index in [1.165, 1.54) is 25.7 Å². The van der Waals surface area contributed by atoms with Gasteiger partial charge < -0.3 is 10.4 Å². The Bertz CT molecular complexity index is 432. The number of phenols is 1. The van der Waals surface area contributed by atoms with Crippen molar-refractivity contribution in [2.24, 2.45) is 0 Å². The summed E-state index contributed by atoms with van der Waals surface area (Å²) in [7, 11) is 0. The van der Waals surface area contributed by atoms with Gasteiger partial charge in [0.15, 0.2) is 0 Å². The highest BCUT2D eigenvalue weighted by Gasteiger charge is 2.23. The third-order valence-corrected chi connectivity index (χ3v) is 5.85. The molecule has 0 aromatic heterocycles. The topological polar surface area (TPSA) is 32.3 Å². The Balaban J connectivity index is 2.00. The van der Waals surface area contributed by atoms with Crippen LogP contribution in [0.2, 0.25) is 0 Å². The smallest absolute Gasteiger partial charge is 0.120 e. The Hall–Kier alpha value is -0.190. The molecule has 4 heteroatoms. The lowest BCUT2D eigenvalue weighted by Crippen LogP contribution is -2.36. The Kier molecular flexibility index (Phi) is 6.24. The highest BCUT2D eigenvalue weighted by atomic mass is 79.9. The molecule has 0 heterocycles. The van der Waals surface area contributed by atoms with E-state index in [0.717, 1.165) is 21.7 Å². The second kappa shape index (κ2) is 7.71. The average Bonchev–Trinajstić information content (AvgIpc) is 2.48. The van der Waals surface area contributed by atoms with E-state index in [1.54, 1.807) is 6.07 Å². The summed E-state index contributed by atoms with van der Waals surface area (Å²) in [4.78, 5) is 0. The summed E-state index contributed by atoms with van der Waals surface area (Å²) in [6.07, 6.45) is 8.31. The predicted molar refractivity (Wildman–Crippen MR) is 91.5 cm³/mol. The molecule has 2 nitrogen and oxygen atoms in total. The fraction of sp³-hybridized carbons (Fsp3) is 0.625. The maximum Gasteiger partial charge on any atom is 0.120 e. The standard InChI is InChI=1S/C16H24BrNOS/c1-3-15(14-10-11(17)4-9-16(14)19)18-12-5-7-13(20-2)8-6-12/h4,9-10,12-13,15,18-19H,3,5-8H2,1-2H3. The quantitative estimate of drug-likeness (QED) is 0.788. The van der Waals surface area contributed by atoms with Gasteiger partial charge in [-0.2, -0.15) is 11.8 Å². The Morgan fingerprint density at radius 1 is 1.35 bits per heavy atom. The second-order valence-corrected chi connectivity index (χ2v) is 7.59. The van der Waals surface area contributed by atoms with Gasteiger partial charge in [-0.1, -0.05) is 22.9 Å². The molecule has 0 saturated heterocycles. The molecule has 1 aromatic carbocycles. The first-order valence-electron chi connectivity index (χ1n) is 7.41. The normalized spacial score (nSPS) is 24.6. The summed E-state index contributed by atoms with van der Waals surface area (Å²) < 4.78 is 1.02. The van der Waals surface area contributed by atoms with Crippen LogP contribution >= 0.6 is 27.7 Å². The molecule has 0 bridgehead atoms. The molecule has 0 aliphatic heterocycles. The van der Waals surface area contributed by atoms with E-state index in [9.17, 15) is 5.11 Å². The van der Waals surface area contributed by atoms with Crippen LogP contribution in [0.25, 0.3) is 0 Å². The molecule has 2 rings (SSSR count). The first-order chi connectivity index (χ1) is 9.63. The summed E-state index contributed by atoms with van der Waals surface area (Å²) in [6, 6.07) is 6.51. The number of phenolic OH excluding ortho intramolecular Hbond substituents is 1. The van der Waals surface area contributed by atoms with E-state index in [2.05, 4.69) is 34.4 Å². The number of thioether (sulfide) groups is 1. The minimum absolute atomic E-state index is 0.239. The number of hydrogen-bond donors (Lipinski definition) is 2. The van der Waals surface area contributed by atoms with Gasteiger partial charge in [0.05, 0.1) is 0 Å². The third kappa shape index (κ3) is 4.15. The second-order valence-electron chi connectivity index (χ2n) is 5.54. The first kappa shape index (κ1) is 16.2. The van der Waals surface area contributed by atoms with Crippen molar-refractivity contribution >= 4 is 27.7 Å². The lowest BCUT2D eigenvalue weighted by atomic mass is 9.93. The Labute approximate surface area is 134 Å². The van der Waals surface area contributed by atoms with Crippen LogP contribution in [-0.2, 0) is 0 Å². The zero-order chi connectivity index (χ0) is 14.5. The van der Waals surface area contributed by atoms with Gasteiger partial charge in [-0.3, -0.25) is 0 Å². The van der Waals surface area contributed by atoms with Crippen LogP contribution < -0.4 is 5.32 Å². The van der Waals surface area contributed by atoms with Gasteiger partial charge >= 0.3 is 0 Å². The van der Waals surface area contributed by atoms with Crippen molar-refractivity contribution in [1.29, 1.82) is 0 Å². The van der Waals surface area contributed by atoms with Gasteiger partial charge in [0.2, 0.25) is 0 Å². The summed E-state index contributed by atoms with van der Waals surface area (Å²) in [5, 5.41) is 14.7. The summed E-state index contributed by atoms with van der Waals surface area (Å²) in [6.45, 7) is 2.17. The van der Waals surface area contributed by atoms with Crippen LogP contribution in [0.3, 0.4) is 0 Å². The van der Waals surface area contributed by atoms with Crippen LogP contribution in [0.4, 0.5) is 0 Å². The van der Waals surface area contributed by atoms with Crippen molar-refractivity contribution in [3.8, 4) is 5.75 Å². The van der Waals surface area contributed by atoms with Crippen molar-refractivity contribution in [3.05, 3.63) is 28.2 Å². The third-order valence-electron chi connectivity index (χ3n) is 4.22. The van der Waals surface area contributed by atoms with Gasteiger partial charge in [0.25, 0.3) is 0 Å². The number of nitrogens with one attached hydrogen (secondary N) is 1.